The fraction of sp³-hybridized carbons (Fsp3) is 0.333. The molecule has 1 N–H and O–H groups in total. The van der Waals surface area contributed by atoms with Gasteiger partial charge in [0.15, 0.2) is 0 Å². The number of hydrogen-bond donors (Lipinski definition) is 1. The van der Waals surface area contributed by atoms with Gasteiger partial charge in [-0.25, -0.2) is 0 Å². The lowest BCUT2D eigenvalue weighted by atomic mass is 10.1. The third-order valence-corrected chi connectivity index (χ3v) is 5.46. The Labute approximate surface area is 180 Å². The highest BCUT2D eigenvalue weighted by molar-refractivity contribution is 6.42. The topological polar surface area (TPSA) is 49.4 Å². The molecule has 28 heavy (non-hydrogen) atoms. The number of carbonyl (C=O) groups is 2. The van der Waals surface area contributed by atoms with E-state index in [1.165, 1.54) is 4.90 Å². The third kappa shape index (κ3) is 6.13. The van der Waals surface area contributed by atoms with Crippen LogP contribution in [0.3, 0.4) is 0 Å². The maximum absolute atomic E-state index is 13.1. The molecule has 0 bridgehead atoms. The first kappa shape index (κ1) is 22.5. The van der Waals surface area contributed by atoms with E-state index in [2.05, 4.69) is 5.32 Å². The highest BCUT2D eigenvalue weighted by Gasteiger charge is 2.26. The largest absolute Gasteiger partial charge is 0.354 e. The van der Waals surface area contributed by atoms with E-state index in [1.54, 1.807) is 31.2 Å². The maximum atomic E-state index is 13.1. The van der Waals surface area contributed by atoms with Crippen molar-refractivity contribution in [2.24, 2.45) is 0 Å². The van der Waals surface area contributed by atoms with E-state index >= 15 is 0 Å². The average Bonchev–Trinajstić information content (AvgIpc) is 2.67. The molecule has 0 spiro atoms. The molecule has 2 rings (SSSR count). The quantitative estimate of drug-likeness (QED) is 0.617. The number of benzene rings is 2. The normalized spacial score (nSPS) is 11.8. The number of amides is 2. The minimum atomic E-state index is -0.641. The van der Waals surface area contributed by atoms with Crippen molar-refractivity contribution in [1.82, 2.24) is 10.2 Å². The van der Waals surface area contributed by atoms with E-state index in [1.807, 2.05) is 25.1 Å². The van der Waals surface area contributed by atoms with Crippen molar-refractivity contribution in [3.05, 3.63) is 68.7 Å². The van der Waals surface area contributed by atoms with E-state index in [0.717, 1.165) is 17.5 Å². The molecule has 0 fully saturated rings. The van der Waals surface area contributed by atoms with Crippen molar-refractivity contribution in [2.45, 2.75) is 39.3 Å². The number of hydrogen-bond acceptors (Lipinski definition) is 2. The number of rotatable bonds is 8. The van der Waals surface area contributed by atoms with Gasteiger partial charge in [0.05, 0.1) is 16.5 Å². The molecular formula is C21H23Cl3N2O2. The van der Waals surface area contributed by atoms with Gasteiger partial charge in [-0.3, -0.25) is 9.59 Å². The van der Waals surface area contributed by atoms with Gasteiger partial charge in [-0.15, -0.1) is 0 Å². The van der Waals surface area contributed by atoms with Crippen LogP contribution in [-0.2, 0) is 22.6 Å². The summed E-state index contributed by atoms with van der Waals surface area (Å²) in [5.41, 5.74) is 1.51. The van der Waals surface area contributed by atoms with Crippen LogP contribution in [0.2, 0.25) is 15.1 Å². The minimum Gasteiger partial charge on any atom is -0.354 e. The third-order valence-electron chi connectivity index (χ3n) is 4.35. The van der Waals surface area contributed by atoms with Crippen molar-refractivity contribution in [2.75, 3.05) is 6.54 Å². The van der Waals surface area contributed by atoms with E-state index in [-0.39, 0.29) is 24.8 Å². The van der Waals surface area contributed by atoms with Gasteiger partial charge in [-0.1, -0.05) is 66.0 Å². The highest BCUT2D eigenvalue weighted by Crippen LogP contribution is 2.24. The van der Waals surface area contributed by atoms with Crippen LogP contribution in [0.5, 0.6) is 0 Å². The van der Waals surface area contributed by atoms with E-state index in [0.29, 0.717) is 21.6 Å². The summed E-state index contributed by atoms with van der Waals surface area (Å²) < 4.78 is 0. The summed E-state index contributed by atoms with van der Waals surface area (Å²) in [6, 6.07) is 11.7. The molecule has 0 heterocycles. The summed E-state index contributed by atoms with van der Waals surface area (Å²) in [6.07, 6.45) is 0.924. The van der Waals surface area contributed by atoms with Gasteiger partial charge in [0.25, 0.3) is 0 Å². The van der Waals surface area contributed by atoms with Crippen LogP contribution >= 0.6 is 34.8 Å². The van der Waals surface area contributed by atoms with Crippen molar-refractivity contribution in [3.8, 4) is 0 Å². The van der Waals surface area contributed by atoms with E-state index in [4.69, 9.17) is 34.8 Å². The Morgan fingerprint density at radius 2 is 1.75 bits per heavy atom. The van der Waals surface area contributed by atoms with Crippen LogP contribution in [0.15, 0.2) is 42.5 Å². The van der Waals surface area contributed by atoms with Crippen LogP contribution in [-0.4, -0.2) is 29.3 Å². The molecule has 0 aliphatic heterocycles. The first-order valence-corrected chi connectivity index (χ1v) is 10.2. The Bertz CT molecular complexity index is 842. The number of nitrogens with one attached hydrogen (secondary N) is 1. The molecule has 0 aliphatic rings. The second-order valence-corrected chi connectivity index (χ2v) is 7.73. The predicted octanol–water partition coefficient (Wildman–Crippen LogP) is 5.13. The maximum Gasteiger partial charge on any atom is 0.242 e. The second-order valence-electron chi connectivity index (χ2n) is 6.51. The number of halogens is 3. The molecule has 150 valence electrons. The Hall–Kier alpha value is -1.75. The molecule has 0 radical (unpaired) electrons. The Balaban J connectivity index is 2.25. The molecule has 0 unspecified atom stereocenters. The van der Waals surface area contributed by atoms with Crippen molar-refractivity contribution >= 4 is 46.6 Å². The first-order chi connectivity index (χ1) is 13.3. The van der Waals surface area contributed by atoms with E-state index in [9.17, 15) is 9.59 Å². The standard InChI is InChI=1S/C21H23Cl3N2O2/c1-3-10-25-21(28)14(2)26(13-16-6-4-5-7-17(16)22)20(27)12-15-8-9-18(23)19(24)11-15/h4-9,11,14H,3,10,12-13H2,1-2H3,(H,25,28)/t14-/m1/s1. The monoisotopic (exact) mass is 440 g/mol. The summed E-state index contributed by atoms with van der Waals surface area (Å²) in [5, 5.41) is 4.21. The smallest absolute Gasteiger partial charge is 0.242 e. The van der Waals surface area contributed by atoms with Gasteiger partial charge in [-0.05, 0) is 42.7 Å². The van der Waals surface area contributed by atoms with Gasteiger partial charge in [0.2, 0.25) is 11.8 Å². The molecule has 2 aromatic carbocycles. The molecule has 4 nitrogen and oxygen atoms in total. The SMILES string of the molecule is CCCNC(=O)[C@@H](C)N(Cc1ccccc1Cl)C(=O)Cc1ccc(Cl)c(Cl)c1. The molecule has 1 atom stereocenters. The van der Waals surface area contributed by atoms with Crippen LogP contribution < -0.4 is 5.32 Å². The highest BCUT2D eigenvalue weighted by atomic mass is 35.5. The fourth-order valence-electron chi connectivity index (χ4n) is 2.71. The molecule has 2 aromatic rings. The second kappa shape index (κ2) is 10.7. The van der Waals surface area contributed by atoms with Crippen LogP contribution in [0.25, 0.3) is 0 Å². The molecule has 0 saturated carbocycles. The van der Waals surface area contributed by atoms with Gasteiger partial charge in [0.1, 0.15) is 6.04 Å². The lowest BCUT2D eigenvalue weighted by Crippen LogP contribution is -2.48. The molecule has 0 saturated heterocycles. The summed E-state index contributed by atoms with van der Waals surface area (Å²) in [6.45, 7) is 4.49. The average molecular weight is 442 g/mol. The van der Waals surface area contributed by atoms with Crippen LogP contribution in [0.4, 0.5) is 0 Å². The number of nitrogens with zero attached hydrogens (tertiary/aromatic N) is 1. The predicted molar refractivity (Wildman–Crippen MR) is 115 cm³/mol. The van der Waals surface area contributed by atoms with Crippen LogP contribution in [0, 0.1) is 0 Å². The minimum absolute atomic E-state index is 0.104. The molecule has 0 aromatic heterocycles. The number of carbonyl (C=O) groups excluding carboxylic acids is 2. The molecule has 0 aliphatic carbocycles. The van der Waals surface area contributed by atoms with Crippen molar-refractivity contribution in [3.63, 3.8) is 0 Å². The summed E-state index contributed by atoms with van der Waals surface area (Å²) >= 11 is 18.3. The zero-order chi connectivity index (χ0) is 20.7. The van der Waals surface area contributed by atoms with Crippen LogP contribution in [0.1, 0.15) is 31.4 Å². The van der Waals surface area contributed by atoms with Gasteiger partial charge in [-0.2, -0.15) is 0 Å². The molecule has 2 amide bonds. The zero-order valence-corrected chi connectivity index (χ0v) is 18.1. The first-order valence-electron chi connectivity index (χ1n) is 9.08. The zero-order valence-electron chi connectivity index (χ0n) is 15.8. The lowest BCUT2D eigenvalue weighted by Gasteiger charge is -2.29. The summed E-state index contributed by atoms with van der Waals surface area (Å²) in [4.78, 5) is 27.1. The van der Waals surface area contributed by atoms with E-state index < -0.39 is 6.04 Å². The van der Waals surface area contributed by atoms with Gasteiger partial charge in [0, 0.05) is 18.1 Å². The van der Waals surface area contributed by atoms with Crippen molar-refractivity contribution < 1.29 is 9.59 Å². The lowest BCUT2D eigenvalue weighted by molar-refractivity contribution is -0.140. The Morgan fingerprint density at radius 3 is 2.39 bits per heavy atom. The fourth-order valence-corrected chi connectivity index (χ4v) is 3.23. The Morgan fingerprint density at radius 1 is 1.04 bits per heavy atom. The summed E-state index contributed by atoms with van der Waals surface area (Å²) in [7, 11) is 0. The summed E-state index contributed by atoms with van der Waals surface area (Å²) in [5.74, 6) is -0.395. The Kier molecular flexibility index (Phi) is 8.61. The molecule has 7 heteroatoms. The van der Waals surface area contributed by atoms with Gasteiger partial charge >= 0.3 is 0 Å². The molecular weight excluding hydrogens is 419 g/mol. The van der Waals surface area contributed by atoms with Gasteiger partial charge < -0.3 is 10.2 Å². The van der Waals surface area contributed by atoms with Crippen molar-refractivity contribution in [1.29, 1.82) is 0 Å².